The minimum atomic E-state index is -3.84. The average molecular weight is 274 g/mol. The van der Waals surface area contributed by atoms with Crippen LogP contribution in [0.4, 0.5) is 0 Å². The van der Waals surface area contributed by atoms with Gasteiger partial charge in [-0.15, -0.1) is 0 Å². The number of sulfonamides is 1. The molecule has 0 aliphatic carbocycles. The van der Waals surface area contributed by atoms with Gasteiger partial charge in [-0.3, -0.25) is 9.78 Å². The number of aromatic nitrogens is 2. The summed E-state index contributed by atoms with van der Waals surface area (Å²) >= 11 is 0. The molecule has 0 aromatic carbocycles. The monoisotopic (exact) mass is 274 g/mol. The van der Waals surface area contributed by atoms with Gasteiger partial charge in [0.1, 0.15) is 0 Å². The number of hydrogen-bond acceptors (Lipinski definition) is 5. The van der Waals surface area contributed by atoms with Crippen LogP contribution in [-0.4, -0.2) is 60.8 Å². The molecule has 1 fully saturated rings. The van der Waals surface area contributed by atoms with Gasteiger partial charge in [0, 0.05) is 32.4 Å². The lowest BCUT2D eigenvalue weighted by Crippen LogP contribution is -2.48. The summed E-state index contributed by atoms with van der Waals surface area (Å²) in [6.07, 6.45) is 0.939. The highest BCUT2D eigenvalue weighted by Gasteiger charge is 2.29. The molecule has 2 heterocycles. The number of nitrogens with one attached hydrogen (secondary N) is 2. The largest absolute Gasteiger partial charge is 0.325 e. The lowest BCUT2D eigenvalue weighted by molar-refractivity contribution is 0.222. The summed E-state index contributed by atoms with van der Waals surface area (Å²) in [7, 11) is -1.94. The number of H-pyrrole nitrogens is 2. The third kappa shape index (κ3) is 2.37. The van der Waals surface area contributed by atoms with Crippen LogP contribution in [0.15, 0.2) is 20.7 Å². The van der Waals surface area contributed by atoms with E-state index in [0.29, 0.717) is 26.2 Å². The predicted octanol–water partition coefficient (Wildman–Crippen LogP) is -2.00. The molecule has 18 heavy (non-hydrogen) atoms. The summed E-state index contributed by atoms with van der Waals surface area (Å²) in [5.74, 6) is 0. The molecule has 2 rings (SSSR count). The number of hydrogen-bond donors (Lipinski definition) is 2. The van der Waals surface area contributed by atoms with E-state index in [1.807, 2.05) is 16.9 Å². The molecule has 0 spiro atoms. The number of likely N-dealkylation sites (N-methyl/N-ethyl adjacent to an activating group) is 1. The zero-order valence-corrected chi connectivity index (χ0v) is 10.7. The van der Waals surface area contributed by atoms with Crippen molar-refractivity contribution in [1.82, 2.24) is 19.2 Å². The zero-order valence-electron chi connectivity index (χ0n) is 9.84. The Morgan fingerprint density at radius 3 is 2.33 bits per heavy atom. The maximum Gasteiger partial charge on any atom is 0.325 e. The normalized spacial score (nSPS) is 18.9. The van der Waals surface area contributed by atoms with E-state index in [-0.39, 0.29) is 0 Å². The highest BCUT2D eigenvalue weighted by molar-refractivity contribution is 7.89. The molecule has 0 radical (unpaired) electrons. The van der Waals surface area contributed by atoms with E-state index in [1.165, 1.54) is 4.31 Å². The minimum Gasteiger partial charge on any atom is -0.313 e. The Labute approximate surface area is 103 Å². The number of aromatic amines is 2. The maximum atomic E-state index is 12.2. The van der Waals surface area contributed by atoms with Gasteiger partial charge >= 0.3 is 5.69 Å². The first kappa shape index (κ1) is 13.0. The number of rotatable bonds is 2. The van der Waals surface area contributed by atoms with Crippen molar-refractivity contribution in [3.8, 4) is 0 Å². The topological polar surface area (TPSA) is 106 Å². The Bertz CT molecular complexity index is 639. The van der Waals surface area contributed by atoms with Gasteiger partial charge in [-0.25, -0.2) is 13.2 Å². The summed E-state index contributed by atoms with van der Waals surface area (Å²) in [5.41, 5.74) is -1.62. The highest BCUT2D eigenvalue weighted by Crippen LogP contribution is 2.12. The van der Waals surface area contributed by atoms with Crippen molar-refractivity contribution in [3.05, 3.63) is 27.0 Å². The second-order valence-electron chi connectivity index (χ2n) is 4.14. The number of nitrogens with zero attached hydrogens (tertiary/aromatic N) is 2. The fourth-order valence-electron chi connectivity index (χ4n) is 1.76. The van der Waals surface area contributed by atoms with Crippen LogP contribution in [-0.2, 0) is 10.0 Å². The van der Waals surface area contributed by atoms with Crippen LogP contribution < -0.4 is 11.2 Å². The molecule has 100 valence electrons. The molecular formula is C9H14N4O4S. The molecule has 9 heteroatoms. The van der Waals surface area contributed by atoms with E-state index < -0.39 is 26.2 Å². The molecule has 0 unspecified atom stereocenters. The van der Waals surface area contributed by atoms with Gasteiger partial charge in [0.05, 0.1) is 0 Å². The molecule has 1 aromatic rings. The van der Waals surface area contributed by atoms with Crippen LogP contribution in [0.5, 0.6) is 0 Å². The quantitative estimate of drug-likeness (QED) is 0.648. The van der Waals surface area contributed by atoms with Crippen LogP contribution >= 0.6 is 0 Å². The molecule has 1 saturated heterocycles. The molecule has 1 aliphatic heterocycles. The first-order valence-corrected chi connectivity index (χ1v) is 6.86. The SMILES string of the molecule is CN1CCN(S(=O)(=O)c2c[nH]c(=O)[nH]c2=O)CC1. The van der Waals surface area contributed by atoms with Gasteiger partial charge in [-0.2, -0.15) is 4.31 Å². The standard InChI is InChI=1S/C9H14N4O4S/c1-12-2-4-13(5-3-12)18(16,17)7-6-10-9(15)11-8(7)14/h6H,2-5H2,1H3,(H2,10,11,14,15). The summed E-state index contributed by atoms with van der Waals surface area (Å²) in [4.78, 5) is 28.0. The van der Waals surface area contributed by atoms with Gasteiger partial charge in [0.25, 0.3) is 5.56 Å². The summed E-state index contributed by atoms with van der Waals surface area (Å²) in [6, 6.07) is 0. The molecule has 0 saturated carbocycles. The fraction of sp³-hybridized carbons (Fsp3) is 0.556. The van der Waals surface area contributed by atoms with Crippen molar-refractivity contribution in [2.24, 2.45) is 0 Å². The zero-order chi connectivity index (χ0) is 13.3. The smallest absolute Gasteiger partial charge is 0.313 e. The van der Waals surface area contributed by atoms with Crippen LogP contribution in [0.1, 0.15) is 0 Å². The first-order chi connectivity index (χ1) is 8.41. The summed E-state index contributed by atoms with van der Waals surface area (Å²) in [5, 5.41) is 0. The lowest BCUT2D eigenvalue weighted by Gasteiger charge is -2.31. The van der Waals surface area contributed by atoms with E-state index in [4.69, 9.17) is 0 Å². The average Bonchev–Trinajstić information content (AvgIpc) is 2.29. The molecule has 1 aliphatic rings. The van der Waals surface area contributed by atoms with Gasteiger partial charge in [0.2, 0.25) is 10.0 Å². The Morgan fingerprint density at radius 1 is 1.17 bits per heavy atom. The first-order valence-electron chi connectivity index (χ1n) is 5.42. The van der Waals surface area contributed by atoms with Crippen LogP contribution in [0.3, 0.4) is 0 Å². The van der Waals surface area contributed by atoms with Gasteiger partial charge in [0.15, 0.2) is 4.90 Å². The van der Waals surface area contributed by atoms with E-state index in [0.717, 1.165) is 6.20 Å². The lowest BCUT2D eigenvalue weighted by atomic mass is 10.4. The fourth-order valence-corrected chi connectivity index (χ4v) is 3.17. The van der Waals surface area contributed by atoms with E-state index in [9.17, 15) is 18.0 Å². The molecule has 8 nitrogen and oxygen atoms in total. The highest BCUT2D eigenvalue weighted by atomic mass is 32.2. The van der Waals surface area contributed by atoms with Crippen molar-refractivity contribution < 1.29 is 8.42 Å². The van der Waals surface area contributed by atoms with Crippen LogP contribution in [0, 0.1) is 0 Å². The Balaban J connectivity index is 2.37. The van der Waals surface area contributed by atoms with E-state index >= 15 is 0 Å². The molecule has 0 bridgehead atoms. The third-order valence-corrected chi connectivity index (χ3v) is 4.77. The molecule has 2 N–H and O–H groups in total. The van der Waals surface area contributed by atoms with E-state index in [1.54, 1.807) is 0 Å². The number of piperazine rings is 1. The van der Waals surface area contributed by atoms with E-state index in [2.05, 4.69) is 4.98 Å². The van der Waals surface area contributed by atoms with Crippen molar-refractivity contribution in [3.63, 3.8) is 0 Å². The van der Waals surface area contributed by atoms with Gasteiger partial charge in [-0.1, -0.05) is 0 Å². The summed E-state index contributed by atoms with van der Waals surface area (Å²) < 4.78 is 25.6. The van der Waals surface area contributed by atoms with Crippen molar-refractivity contribution >= 4 is 10.0 Å². The second-order valence-corrected chi connectivity index (χ2v) is 6.05. The Morgan fingerprint density at radius 2 is 1.78 bits per heavy atom. The predicted molar refractivity (Wildman–Crippen MR) is 63.9 cm³/mol. The Hall–Kier alpha value is -1.45. The molecular weight excluding hydrogens is 260 g/mol. The van der Waals surface area contributed by atoms with Crippen molar-refractivity contribution in [2.75, 3.05) is 33.2 Å². The summed E-state index contributed by atoms with van der Waals surface area (Å²) in [6.45, 7) is 1.88. The van der Waals surface area contributed by atoms with Gasteiger partial charge in [-0.05, 0) is 7.05 Å². The van der Waals surface area contributed by atoms with Crippen LogP contribution in [0.2, 0.25) is 0 Å². The van der Waals surface area contributed by atoms with Crippen LogP contribution in [0.25, 0.3) is 0 Å². The maximum absolute atomic E-state index is 12.2. The molecule has 1 aromatic heterocycles. The van der Waals surface area contributed by atoms with Crippen molar-refractivity contribution in [2.45, 2.75) is 4.90 Å². The van der Waals surface area contributed by atoms with Gasteiger partial charge < -0.3 is 9.88 Å². The molecule has 0 atom stereocenters. The second kappa shape index (κ2) is 4.67. The minimum absolute atomic E-state index is 0.331. The third-order valence-electron chi connectivity index (χ3n) is 2.87. The molecule has 0 amide bonds. The van der Waals surface area contributed by atoms with Crippen molar-refractivity contribution in [1.29, 1.82) is 0 Å². The Kier molecular flexibility index (Phi) is 3.37.